The quantitative estimate of drug-likeness (QED) is 0.635. The van der Waals surface area contributed by atoms with Crippen LogP contribution >= 0.6 is 0 Å². The van der Waals surface area contributed by atoms with E-state index in [-0.39, 0.29) is 12.6 Å². The monoisotopic (exact) mass is 450 g/mol. The smallest absolute Gasteiger partial charge is 0.309 e. The highest BCUT2D eigenvalue weighted by atomic mass is 16.5. The Labute approximate surface area is 196 Å². The Kier molecular flexibility index (Phi) is 7.50. The summed E-state index contributed by atoms with van der Waals surface area (Å²) in [6.07, 6.45) is 4.57. The van der Waals surface area contributed by atoms with Gasteiger partial charge in [-0.3, -0.25) is 14.5 Å². The number of ether oxygens (including phenoxy) is 1. The van der Waals surface area contributed by atoms with E-state index in [0.717, 1.165) is 50.9 Å². The molecule has 176 valence electrons. The van der Waals surface area contributed by atoms with E-state index in [2.05, 4.69) is 45.7 Å². The minimum absolute atomic E-state index is 0.0657. The second-order valence-corrected chi connectivity index (χ2v) is 8.88. The first-order chi connectivity index (χ1) is 16.1. The standard InChI is InChI=1S/C26H34N4O3/c1-29-13-7-9-19-16-20(11-12-22(19)29)23(30-14-5-6-15-30)18-28-26(32)25(31)27-17-21-8-3-4-10-24(21)33-2/h3-4,8,10-12,16,23H,5-7,9,13-15,17-18H2,1-2H3,(H,27,31)(H,28,32)/t23-/m0/s1. The van der Waals surface area contributed by atoms with Crippen LogP contribution in [-0.4, -0.2) is 57.1 Å². The molecule has 2 aliphatic heterocycles. The predicted molar refractivity (Wildman–Crippen MR) is 129 cm³/mol. The van der Waals surface area contributed by atoms with Gasteiger partial charge in [-0.15, -0.1) is 0 Å². The lowest BCUT2D eigenvalue weighted by Crippen LogP contribution is -2.43. The summed E-state index contributed by atoms with van der Waals surface area (Å²) in [6.45, 7) is 3.76. The van der Waals surface area contributed by atoms with Crippen LogP contribution in [-0.2, 0) is 22.6 Å². The molecule has 0 radical (unpaired) electrons. The molecule has 0 aliphatic carbocycles. The number of carbonyl (C=O) groups excluding carboxylic acids is 2. The number of nitrogens with zero attached hydrogens (tertiary/aromatic N) is 2. The van der Waals surface area contributed by atoms with Crippen LogP contribution in [0.15, 0.2) is 42.5 Å². The summed E-state index contributed by atoms with van der Waals surface area (Å²) in [4.78, 5) is 29.7. The van der Waals surface area contributed by atoms with Crippen molar-refractivity contribution in [3.63, 3.8) is 0 Å². The van der Waals surface area contributed by atoms with Crippen molar-refractivity contribution in [2.75, 3.05) is 45.2 Å². The second-order valence-electron chi connectivity index (χ2n) is 8.88. The van der Waals surface area contributed by atoms with Crippen molar-refractivity contribution in [2.45, 2.75) is 38.3 Å². The van der Waals surface area contributed by atoms with Crippen LogP contribution < -0.4 is 20.3 Å². The van der Waals surface area contributed by atoms with Crippen LogP contribution in [0.2, 0.25) is 0 Å². The number of aryl methyl sites for hydroxylation is 1. The number of amides is 2. The van der Waals surface area contributed by atoms with Crippen molar-refractivity contribution in [3.05, 3.63) is 59.2 Å². The van der Waals surface area contributed by atoms with Crippen LogP contribution in [0.25, 0.3) is 0 Å². The molecule has 1 fully saturated rings. The lowest BCUT2D eigenvalue weighted by Gasteiger charge is -2.31. The second kappa shape index (κ2) is 10.7. The number of likely N-dealkylation sites (tertiary alicyclic amines) is 1. The van der Waals surface area contributed by atoms with E-state index < -0.39 is 11.8 Å². The van der Waals surface area contributed by atoms with Gasteiger partial charge >= 0.3 is 11.8 Å². The molecular weight excluding hydrogens is 416 g/mol. The molecule has 1 saturated heterocycles. The number of hydrogen-bond acceptors (Lipinski definition) is 5. The normalized spacial score (nSPS) is 16.7. The van der Waals surface area contributed by atoms with E-state index in [9.17, 15) is 9.59 Å². The topological polar surface area (TPSA) is 73.9 Å². The first-order valence-corrected chi connectivity index (χ1v) is 11.8. The number of fused-ring (bicyclic) bond motifs is 1. The van der Waals surface area contributed by atoms with E-state index in [1.807, 2.05) is 24.3 Å². The van der Waals surface area contributed by atoms with E-state index in [4.69, 9.17) is 4.74 Å². The van der Waals surface area contributed by atoms with Gasteiger partial charge in [-0.05, 0) is 62.0 Å². The number of anilines is 1. The lowest BCUT2D eigenvalue weighted by molar-refractivity contribution is -0.139. The van der Waals surface area contributed by atoms with E-state index in [1.165, 1.54) is 16.8 Å². The van der Waals surface area contributed by atoms with E-state index in [0.29, 0.717) is 12.3 Å². The SMILES string of the molecule is COc1ccccc1CNC(=O)C(=O)NC[C@@H](c1ccc2c(c1)CCCN2C)N1CCCC1. The Morgan fingerprint density at radius 1 is 1.00 bits per heavy atom. The maximum absolute atomic E-state index is 12.6. The molecule has 7 heteroatoms. The van der Waals surface area contributed by atoms with E-state index >= 15 is 0 Å². The third kappa shape index (κ3) is 5.47. The number of hydrogen-bond donors (Lipinski definition) is 2. The highest BCUT2D eigenvalue weighted by molar-refractivity contribution is 6.35. The molecule has 0 bridgehead atoms. The fraction of sp³-hybridized carbons (Fsp3) is 0.462. The number of nitrogens with one attached hydrogen (secondary N) is 2. The average molecular weight is 451 g/mol. The van der Waals surface area contributed by atoms with Gasteiger partial charge in [-0.1, -0.05) is 30.3 Å². The fourth-order valence-corrected chi connectivity index (χ4v) is 4.90. The van der Waals surface area contributed by atoms with Gasteiger partial charge in [-0.25, -0.2) is 0 Å². The first-order valence-electron chi connectivity index (χ1n) is 11.8. The Balaban J connectivity index is 1.40. The highest BCUT2D eigenvalue weighted by Gasteiger charge is 2.26. The molecule has 0 spiro atoms. The van der Waals surface area contributed by atoms with Crippen LogP contribution in [0.4, 0.5) is 5.69 Å². The van der Waals surface area contributed by atoms with Crippen molar-refractivity contribution in [3.8, 4) is 5.75 Å². The molecular formula is C26H34N4O3. The molecule has 7 nitrogen and oxygen atoms in total. The van der Waals surface area contributed by atoms with Gasteiger partial charge in [0.05, 0.1) is 13.2 Å². The molecule has 2 N–H and O–H groups in total. The lowest BCUT2D eigenvalue weighted by atomic mass is 9.96. The Hall–Kier alpha value is -3.06. The zero-order chi connectivity index (χ0) is 23.2. The highest BCUT2D eigenvalue weighted by Crippen LogP contribution is 2.31. The fourth-order valence-electron chi connectivity index (χ4n) is 4.90. The third-order valence-corrected chi connectivity index (χ3v) is 6.71. The zero-order valence-corrected chi connectivity index (χ0v) is 19.6. The number of rotatable bonds is 7. The molecule has 0 unspecified atom stereocenters. The van der Waals surface area contributed by atoms with Crippen LogP contribution in [0.3, 0.4) is 0 Å². The van der Waals surface area contributed by atoms with Gasteiger partial charge in [0, 0.05) is 37.9 Å². The summed E-state index contributed by atoms with van der Waals surface area (Å²) in [5, 5.41) is 5.58. The molecule has 33 heavy (non-hydrogen) atoms. The molecule has 1 atom stereocenters. The van der Waals surface area contributed by atoms with Crippen molar-refractivity contribution in [1.82, 2.24) is 15.5 Å². The molecule has 2 amide bonds. The van der Waals surface area contributed by atoms with Gasteiger partial charge in [0.15, 0.2) is 0 Å². The summed E-state index contributed by atoms with van der Waals surface area (Å²) < 4.78 is 5.31. The van der Waals surface area contributed by atoms with Crippen LogP contribution in [0.1, 0.15) is 42.0 Å². The largest absolute Gasteiger partial charge is 0.496 e. The predicted octanol–water partition coefficient (Wildman–Crippen LogP) is 2.65. The number of carbonyl (C=O) groups is 2. The molecule has 4 rings (SSSR count). The summed E-state index contributed by atoms with van der Waals surface area (Å²) in [5.74, 6) is -0.551. The third-order valence-electron chi connectivity index (χ3n) is 6.71. The van der Waals surface area contributed by atoms with Gasteiger partial charge in [-0.2, -0.15) is 0 Å². The van der Waals surface area contributed by atoms with Crippen LogP contribution in [0, 0.1) is 0 Å². The maximum atomic E-state index is 12.6. The van der Waals surface area contributed by atoms with Gasteiger partial charge in [0.2, 0.25) is 0 Å². The Morgan fingerprint density at radius 3 is 2.55 bits per heavy atom. The number of benzene rings is 2. The summed E-state index contributed by atoms with van der Waals surface area (Å²) in [7, 11) is 3.73. The zero-order valence-electron chi connectivity index (χ0n) is 19.6. The average Bonchev–Trinajstić information content (AvgIpc) is 3.37. The summed E-state index contributed by atoms with van der Waals surface area (Å²) in [6, 6.07) is 14.2. The maximum Gasteiger partial charge on any atom is 0.309 e. The number of methoxy groups -OCH3 is 1. The van der Waals surface area contributed by atoms with Crippen molar-refractivity contribution in [2.24, 2.45) is 0 Å². The van der Waals surface area contributed by atoms with Crippen molar-refractivity contribution < 1.29 is 14.3 Å². The molecule has 2 aromatic rings. The summed E-state index contributed by atoms with van der Waals surface area (Å²) in [5.41, 5.74) is 4.70. The minimum Gasteiger partial charge on any atom is -0.496 e. The first kappa shape index (κ1) is 23.1. The van der Waals surface area contributed by atoms with E-state index in [1.54, 1.807) is 7.11 Å². The van der Waals surface area contributed by atoms with Crippen LogP contribution in [0.5, 0.6) is 5.75 Å². The van der Waals surface area contributed by atoms with Gasteiger partial charge in [0.25, 0.3) is 0 Å². The molecule has 2 heterocycles. The van der Waals surface area contributed by atoms with Crippen molar-refractivity contribution in [1.29, 1.82) is 0 Å². The summed E-state index contributed by atoms with van der Waals surface area (Å²) >= 11 is 0. The molecule has 2 aromatic carbocycles. The van der Waals surface area contributed by atoms with Gasteiger partial charge < -0.3 is 20.3 Å². The molecule has 0 saturated carbocycles. The number of para-hydroxylation sites is 1. The van der Waals surface area contributed by atoms with Gasteiger partial charge in [0.1, 0.15) is 5.75 Å². The molecule has 0 aromatic heterocycles. The molecule has 2 aliphatic rings. The Bertz CT molecular complexity index is 987. The minimum atomic E-state index is -0.631. The Morgan fingerprint density at radius 2 is 1.76 bits per heavy atom. The van der Waals surface area contributed by atoms with Crippen molar-refractivity contribution >= 4 is 17.5 Å².